The Bertz CT molecular complexity index is 529. The molecule has 0 bridgehead atoms. The summed E-state index contributed by atoms with van der Waals surface area (Å²) >= 11 is 0. The summed E-state index contributed by atoms with van der Waals surface area (Å²) in [6.07, 6.45) is 7.52. The highest BCUT2D eigenvalue weighted by atomic mass is 16.4. The van der Waals surface area contributed by atoms with Crippen LogP contribution in [-0.2, 0) is 11.2 Å². The fourth-order valence-corrected chi connectivity index (χ4v) is 1.51. The molecule has 5 heteroatoms. The van der Waals surface area contributed by atoms with Crippen LogP contribution < -0.4 is 0 Å². The number of benzene rings is 1. The molecule has 0 saturated heterocycles. The number of phenols is 1. The van der Waals surface area contributed by atoms with Gasteiger partial charge in [-0.15, -0.1) is 0 Å². The van der Waals surface area contributed by atoms with Crippen molar-refractivity contribution in [3.8, 4) is 5.75 Å². The van der Waals surface area contributed by atoms with Crippen LogP contribution in [0.3, 0.4) is 0 Å². The predicted molar refractivity (Wildman–Crippen MR) is 80.7 cm³/mol. The third-order valence-corrected chi connectivity index (χ3v) is 2.38. The first-order valence-electron chi connectivity index (χ1n) is 6.49. The normalized spacial score (nSPS) is 10.4. The summed E-state index contributed by atoms with van der Waals surface area (Å²) in [7, 11) is 0. The van der Waals surface area contributed by atoms with Gasteiger partial charge in [0.05, 0.1) is 5.56 Å². The summed E-state index contributed by atoms with van der Waals surface area (Å²) in [5.74, 6) is -1.74. The van der Waals surface area contributed by atoms with Crippen LogP contribution in [0.5, 0.6) is 5.75 Å². The van der Waals surface area contributed by atoms with Crippen LogP contribution in [0.4, 0.5) is 0 Å². The Morgan fingerprint density at radius 2 is 1.86 bits per heavy atom. The summed E-state index contributed by atoms with van der Waals surface area (Å²) in [6.45, 7) is 3.79. The van der Waals surface area contributed by atoms with Gasteiger partial charge in [-0.2, -0.15) is 0 Å². The number of aromatic hydroxyl groups is 1. The maximum atomic E-state index is 10.7. The fourth-order valence-electron chi connectivity index (χ4n) is 1.51. The summed E-state index contributed by atoms with van der Waals surface area (Å²) in [6, 6.07) is 4.33. The van der Waals surface area contributed by atoms with E-state index < -0.39 is 11.9 Å². The Hall–Kier alpha value is -2.56. The SMILES string of the molecule is C/C=C/C=C/C(=O)O.CCCc1cc(O)ccc1C(=O)O. The molecule has 21 heavy (non-hydrogen) atoms. The Balaban J connectivity index is 0.000000433. The first-order valence-corrected chi connectivity index (χ1v) is 6.49. The van der Waals surface area contributed by atoms with E-state index in [-0.39, 0.29) is 11.3 Å². The quantitative estimate of drug-likeness (QED) is 0.572. The standard InChI is InChI=1S/C10H12O3.C6H8O2/c1-2-3-7-6-8(11)4-5-9(7)10(12)13;1-2-3-4-5-6(7)8/h4-6,11H,2-3H2,1H3,(H,12,13);2-5H,1H3,(H,7,8)/b;3-2+,5-4+. The van der Waals surface area contributed by atoms with Crippen LogP contribution in [-0.4, -0.2) is 27.3 Å². The Morgan fingerprint density at radius 1 is 1.19 bits per heavy atom. The van der Waals surface area contributed by atoms with Gasteiger partial charge >= 0.3 is 11.9 Å². The molecule has 0 aliphatic carbocycles. The van der Waals surface area contributed by atoms with Gasteiger partial charge in [-0.1, -0.05) is 31.6 Å². The smallest absolute Gasteiger partial charge is 0.335 e. The monoisotopic (exact) mass is 292 g/mol. The number of phenolic OH excluding ortho intramolecular Hbond substituents is 1. The third kappa shape index (κ3) is 8.26. The highest BCUT2D eigenvalue weighted by Gasteiger charge is 2.09. The van der Waals surface area contributed by atoms with E-state index in [1.807, 2.05) is 13.8 Å². The van der Waals surface area contributed by atoms with Crippen molar-refractivity contribution >= 4 is 11.9 Å². The van der Waals surface area contributed by atoms with Gasteiger partial charge in [-0.3, -0.25) is 0 Å². The lowest BCUT2D eigenvalue weighted by Gasteiger charge is -2.04. The first-order chi connectivity index (χ1) is 9.92. The number of carboxylic acids is 2. The number of hydrogen-bond acceptors (Lipinski definition) is 3. The van der Waals surface area contributed by atoms with Crippen molar-refractivity contribution < 1.29 is 24.9 Å². The molecule has 0 fully saturated rings. The molecule has 1 aromatic carbocycles. The minimum atomic E-state index is -0.941. The molecule has 0 aliphatic rings. The molecule has 0 spiro atoms. The molecule has 1 aromatic rings. The van der Waals surface area contributed by atoms with Crippen molar-refractivity contribution in [2.24, 2.45) is 0 Å². The van der Waals surface area contributed by atoms with E-state index in [1.165, 1.54) is 24.3 Å². The van der Waals surface area contributed by atoms with E-state index in [1.54, 1.807) is 12.2 Å². The number of aliphatic carboxylic acids is 1. The van der Waals surface area contributed by atoms with Crippen LogP contribution >= 0.6 is 0 Å². The lowest BCUT2D eigenvalue weighted by molar-refractivity contribution is -0.131. The van der Waals surface area contributed by atoms with Gasteiger partial charge in [0, 0.05) is 6.08 Å². The molecule has 3 N–H and O–H groups in total. The number of aryl methyl sites for hydroxylation is 1. The van der Waals surface area contributed by atoms with Crippen LogP contribution in [0.25, 0.3) is 0 Å². The molecule has 0 aromatic heterocycles. The van der Waals surface area contributed by atoms with Crippen molar-refractivity contribution in [3.05, 3.63) is 53.6 Å². The zero-order valence-electron chi connectivity index (χ0n) is 12.1. The molecule has 1 rings (SSSR count). The van der Waals surface area contributed by atoms with Crippen LogP contribution in [0.15, 0.2) is 42.5 Å². The Morgan fingerprint density at radius 3 is 2.33 bits per heavy atom. The lowest BCUT2D eigenvalue weighted by atomic mass is 10.0. The van der Waals surface area contributed by atoms with Crippen molar-refractivity contribution in [2.45, 2.75) is 26.7 Å². The molecule has 0 unspecified atom stereocenters. The molecule has 5 nitrogen and oxygen atoms in total. The summed E-state index contributed by atoms with van der Waals surface area (Å²) in [5, 5.41) is 26.0. The lowest BCUT2D eigenvalue weighted by Crippen LogP contribution is -2.01. The van der Waals surface area contributed by atoms with Gasteiger partial charge in [0.1, 0.15) is 5.75 Å². The van der Waals surface area contributed by atoms with Gasteiger partial charge in [-0.25, -0.2) is 9.59 Å². The average molecular weight is 292 g/mol. The second-order valence-corrected chi connectivity index (χ2v) is 4.12. The first kappa shape index (κ1) is 18.4. The summed E-state index contributed by atoms with van der Waals surface area (Å²) in [4.78, 5) is 20.5. The largest absolute Gasteiger partial charge is 0.508 e. The maximum absolute atomic E-state index is 10.7. The molecule has 0 amide bonds. The van der Waals surface area contributed by atoms with Gasteiger partial charge < -0.3 is 15.3 Å². The molecular formula is C16H20O5. The van der Waals surface area contributed by atoms with Crippen molar-refractivity contribution in [1.29, 1.82) is 0 Å². The Labute approximate surface area is 123 Å². The number of carbonyl (C=O) groups is 2. The maximum Gasteiger partial charge on any atom is 0.335 e. The molecule has 0 heterocycles. The molecule has 0 aliphatic heterocycles. The van der Waals surface area contributed by atoms with E-state index in [2.05, 4.69) is 0 Å². The van der Waals surface area contributed by atoms with E-state index in [0.29, 0.717) is 12.0 Å². The summed E-state index contributed by atoms with van der Waals surface area (Å²) < 4.78 is 0. The second-order valence-electron chi connectivity index (χ2n) is 4.12. The number of rotatable bonds is 5. The number of carboxylic acid groups (broad SMARTS) is 2. The van der Waals surface area contributed by atoms with Gasteiger partial charge in [0.25, 0.3) is 0 Å². The van der Waals surface area contributed by atoms with Crippen molar-refractivity contribution in [1.82, 2.24) is 0 Å². The number of hydrogen-bond donors (Lipinski definition) is 3. The molecule has 114 valence electrons. The number of aromatic carboxylic acids is 1. The number of allylic oxidation sites excluding steroid dienone is 3. The molecule has 0 atom stereocenters. The Kier molecular flexibility index (Phi) is 9.00. The van der Waals surface area contributed by atoms with E-state index in [0.717, 1.165) is 12.5 Å². The minimum Gasteiger partial charge on any atom is -0.508 e. The van der Waals surface area contributed by atoms with Crippen LogP contribution in [0, 0.1) is 0 Å². The molecular weight excluding hydrogens is 272 g/mol. The average Bonchev–Trinajstić information content (AvgIpc) is 2.39. The highest BCUT2D eigenvalue weighted by Crippen LogP contribution is 2.18. The zero-order valence-corrected chi connectivity index (χ0v) is 12.1. The highest BCUT2D eigenvalue weighted by molar-refractivity contribution is 5.89. The minimum absolute atomic E-state index is 0.119. The van der Waals surface area contributed by atoms with Crippen molar-refractivity contribution in [2.75, 3.05) is 0 Å². The van der Waals surface area contributed by atoms with E-state index in [9.17, 15) is 9.59 Å². The molecule has 0 saturated carbocycles. The van der Waals surface area contributed by atoms with Crippen LogP contribution in [0.1, 0.15) is 36.2 Å². The topological polar surface area (TPSA) is 94.8 Å². The van der Waals surface area contributed by atoms with Gasteiger partial charge in [0.2, 0.25) is 0 Å². The third-order valence-electron chi connectivity index (χ3n) is 2.38. The van der Waals surface area contributed by atoms with Crippen molar-refractivity contribution in [3.63, 3.8) is 0 Å². The fraction of sp³-hybridized carbons (Fsp3) is 0.250. The zero-order chi connectivity index (χ0) is 16.3. The van der Waals surface area contributed by atoms with Gasteiger partial charge in [-0.05, 0) is 37.1 Å². The second kappa shape index (κ2) is 10.3. The van der Waals surface area contributed by atoms with Crippen LogP contribution in [0.2, 0.25) is 0 Å². The summed E-state index contributed by atoms with van der Waals surface area (Å²) in [5.41, 5.74) is 0.967. The van der Waals surface area contributed by atoms with E-state index in [4.69, 9.17) is 15.3 Å². The van der Waals surface area contributed by atoms with Gasteiger partial charge in [0.15, 0.2) is 0 Å². The van der Waals surface area contributed by atoms with E-state index >= 15 is 0 Å². The molecule has 0 radical (unpaired) electrons. The predicted octanol–water partition coefficient (Wildman–Crippen LogP) is 3.25.